The van der Waals surface area contributed by atoms with E-state index in [-0.39, 0.29) is 18.5 Å². The first kappa shape index (κ1) is 27.7. The molecule has 0 atom stereocenters. The van der Waals surface area contributed by atoms with Gasteiger partial charge in [-0.15, -0.1) is 0 Å². The largest absolute Gasteiger partial charge is 0.467 e. The van der Waals surface area contributed by atoms with E-state index in [2.05, 4.69) is 10.2 Å². The number of carbonyl (C=O) groups is 2. The van der Waals surface area contributed by atoms with Gasteiger partial charge in [-0.3, -0.25) is 9.69 Å². The Bertz CT molecular complexity index is 1170. The minimum absolute atomic E-state index is 0.0535. The van der Waals surface area contributed by atoms with E-state index >= 15 is 0 Å². The normalized spacial score (nSPS) is 13.7. The fraction of sp³-hybridized carbons (Fsp3) is 0.379. The summed E-state index contributed by atoms with van der Waals surface area (Å²) in [4.78, 5) is 32.6. The average Bonchev–Trinajstić information content (AvgIpc) is 3.44. The summed E-state index contributed by atoms with van der Waals surface area (Å²) >= 11 is 6.27. The molecule has 4 rings (SSSR count). The number of amides is 3. The maximum absolute atomic E-state index is 13.6. The first-order valence-electron chi connectivity index (χ1n) is 12.9. The quantitative estimate of drug-likeness (QED) is 0.370. The van der Waals surface area contributed by atoms with Gasteiger partial charge in [0.15, 0.2) is 0 Å². The molecule has 1 saturated heterocycles. The lowest BCUT2D eigenvalue weighted by molar-refractivity contribution is -0.133. The molecule has 0 radical (unpaired) electrons. The minimum atomic E-state index is -0.335. The second kappa shape index (κ2) is 14.0. The van der Waals surface area contributed by atoms with Crippen molar-refractivity contribution >= 4 is 29.2 Å². The molecular weight excluding hydrogens is 504 g/mol. The first-order chi connectivity index (χ1) is 18.5. The zero-order valence-electron chi connectivity index (χ0n) is 21.8. The minimum Gasteiger partial charge on any atom is -0.467 e. The van der Waals surface area contributed by atoms with Crippen LogP contribution in [0.3, 0.4) is 0 Å². The van der Waals surface area contributed by atoms with Crippen LogP contribution in [0.5, 0.6) is 0 Å². The average molecular weight is 539 g/mol. The number of urea groups is 1. The molecule has 2 heterocycles. The number of morpholine rings is 1. The second-order valence-electron chi connectivity index (χ2n) is 9.44. The monoisotopic (exact) mass is 538 g/mol. The van der Waals surface area contributed by atoms with Crippen molar-refractivity contribution < 1.29 is 18.7 Å². The SMILES string of the molecule is Cc1ccc(NC(=O)N(CCCN2CCOCC2)CC(=O)N(Cc2ccccc2)Cc2ccco2)cc1Cl. The summed E-state index contributed by atoms with van der Waals surface area (Å²) in [5, 5.41) is 3.49. The molecule has 0 aliphatic carbocycles. The van der Waals surface area contributed by atoms with Crippen LogP contribution in [0.4, 0.5) is 10.5 Å². The van der Waals surface area contributed by atoms with Gasteiger partial charge in [0.1, 0.15) is 12.3 Å². The number of hydrogen-bond donors (Lipinski definition) is 1. The van der Waals surface area contributed by atoms with Crippen LogP contribution in [0.1, 0.15) is 23.3 Å². The van der Waals surface area contributed by atoms with Crippen molar-refractivity contribution in [1.29, 1.82) is 0 Å². The Morgan fingerprint density at radius 2 is 1.79 bits per heavy atom. The van der Waals surface area contributed by atoms with Crippen LogP contribution >= 0.6 is 11.6 Å². The number of nitrogens with zero attached hydrogens (tertiary/aromatic N) is 3. The van der Waals surface area contributed by atoms with Gasteiger partial charge in [-0.1, -0.05) is 48.0 Å². The number of nitrogens with one attached hydrogen (secondary N) is 1. The highest BCUT2D eigenvalue weighted by Crippen LogP contribution is 2.20. The molecular formula is C29H35ClN4O4. The summed E-state index contributed by atoms with van der Waals surface area (Å²) in [5.41, 5.74) is 2.52. The van der Waals surface area contributed by atoms with Crippen molar-refractivity contribution in [2.24, 2.45) is 0 Å². The molecule has 1 fully saturated rings. The van der Waals surface area contributed by atoms with Gasteiger partial charge >= 0.3 is 6.03 Å². The highest BCUT2D eigenvalue weighted by atomic mass is 35.5. The van der Waals surface area contributed by atoms with E-state index in [0.29, 0.717) is 36.1 Å². The highest BCUT2D eigenvalue weighted by molar-refractivity contribution is 6.31. The number of ether oxygens (including phenoxy) is 1. The van der Waals surface area contributed by atoms with Gasteiger partial charge in [0.2, 0.25) is 5.91 Å². The summed E-state index contributed by atoms with van der Waals surface area (Å²) < 4.78 is 11.0. The lowest BCUT2D eigenvalue weighted by Crippen LogP contribution is -2.45. The van der Waals surface area contributed by atoms with E-state index < -0.39 is 0 Å². The number of benzene rings is 2. The number of carbonyl (C=O) groups excluding carboxylic acids is 2. The fourth-order valence-corrected chi connectivity index (χ4v) is 4.51. The van der Waals surface area contributed by atoms with Crippen LogP contribution in [0.25, 0.3) is 0 Å². The van der Waals surface area contributed by atoms with E-state index in [0.717, 1.165) is 50.4 Å². The van der Waals surface area contributed by atoms with E-state index in [1.807, 2.05) is 55.5 Å². The zero-order valence-corrected chi connectivity index (χ0v) is 22.5. The molecule has 2 aromatic carbocycles. The maximum Gasteiger partial charge on any atom is 0.322 e. The van der Waals surface area contributed by atoms with Gasteiger partial charge < -0.3 is 24.3 Å². The van der Waals surface area contributed by atoms with Crippen LogP contribution in [0.2, 0.25) is 5.02 Å². The van der Waals surface area contributed by atoms with E-state index in [4.69, 9.17) is 20.8 Å². The zero-order chi connectivity index (χ0) is 26.7. The van der Waals surface area contributed by atoms with Crippen molar-refractivity contribution in [2.45, 2.75) is 26.4 Å². The Kier molecular flexibility index (Phi) is 10.2. The molecule has 1 aromatic heterocycles. The molecule has 0 unspecified atom stereocenters. The third-order valence-electron chi connectivity index (χ3n) is 6.54. The third kappa shape index (κ3) is 8.34. The van der Waals surface area contributed by atoms with Crippen LogP contribution in [0, 0.1) is 6.92 Å². The van der Waals surface area contributed by atoms with Crippen LogP contribution < -0.4 is 5.32 Å². The lowest BCUT2D eigenvalue weighted by Gasteiger charge is -2.30. The Labute approximate surface area is 229 Å². The molecule has 8 nitrogen and oxygen atoms in total. The number of anilines is 1. The predicted octanol–water partition coefficient (Wildman–Crippen LogP) is 5.03. The van der Waals surface area contributed by atoms with Gasteiger partial charge in [0.25, 0.3) is 0 Å². The molecule has 3 aromatic rings. The molecule has 0 bridgehead atoms. The molecule has 38 heavy (non-hydrogen) atoms. The summed E-state index contributed by atoms with van der Waals surface area (Å²) in [5.74, 6) is 0.528. The first-order valence-corrected chi connectivity index (χ1v) is 13.3. The Morgan fingerprint density at radius 3 is 2.50 bits per heavy atom. The number of aryl methyl sites for hydroxylation is 1. The van der Waals surface area contributed by atoms with Crippen molar-refractivity contribution in [3.63, 3.8) is 0 Å². The van der Waals surface area contributed by atoms with Gasteiger partial charge in [0, 0.05) is 43.4 Å². The third-order valence-corrected chi connectivity index (χ3v) is 6.95. The second-order valence-corrected chi connectivity index (χ2v) is 9.85. The topological polar surface area (TPSA) is 78.3 Å². The Hall–Kier alpha value is -3.33. The molecule has 0 saturated carbocycles. The van der Waals surface area contributed by atoms with E-state index in [9.17, 15) is 9.59 Å². The van der Waals surface area contributed by atoms with E-state index in [1.54, 1.807) is 28.2 Å². The number of furan rings is 1. The lowest BCUT2D eigenvalue weighted by atomic mass is 10.2. The molecule has 1 N–H and O–H groups in total. The Balaban J connectivity index is 1.46. The van der Waals surface area contributed by atoms with Crippen molar-refractivity contribution in [3.05, 3.63) is 88.8 Å². The highest BCUT2D eigenvalue weighted by Gasteiger charge is 2.23. The number of halogens is 1. The molecule has 0 spiro atoms. The van der Waals surface area contributed by atoms with Gasteiger partial charge in [-0.05, 0) is 48.7 Å². The molecule has 202 valence electrons. The van der Waals surface area contributed by atoms with Crippen LogP contribution in [-0.4, -0.2) is 72.6 Å². The molecule has 1 aliphatic heterocycles. The van der Waals surface area contributed by atoms with Gasteiger partial charge in [0.05, 0.1) is 26.0 Å². The summed E-state index contributed by atoms with van der Waals surface area (Å²) in [6, 6.07) is 18.5. The van der Waals surface area contributed by atoms with Crippen molar-refractivity contribution in [1.82, 2.24) is 14.7 Å². The predicted molar refractivity (Wildman–Crippen MR) is 148 cm³/mol. The molecule has 1 aliphatic rings. The van der Waals surface area contributed by atoms with Crippen LogP contribution in [-0.2, 0) is 22.6 Å². The van der Waals surface area contributed by atoms with Gasteiger partial charge in [-0.25, -0.2) is 4.79 Å². The Morgan fingerprint density at radius 1 is 1.00 bits per heavy atom. The van der Waals surface area contributed by atoms with Crippen LogP contribution in [0.15, 0.2) is 71.3 Å². The van der Waals surface area contributed by atoms with Crippen molar-refractivity contribution in [3.8, 4) is 0 Å². The maximum atomic E-state index is 13.6. The molecule has 3 amide bonds. The molecule has 9 heteroatoms. The summed E-state index contributed by atoms with van der Waals surface area (Å²) in [7, 11) is 0. The van der Waals surface area contributed by atoms with Crippen molar-refractivity contribution in [2.75, 3.05) is 51.3 Å². The smallest absolute Gasteiger partial charge is 0.322 e. The van der Waals surface area contributed by atoms with E-state index in [1.165, 1.54) is 0 Å². The van der Waals surface area contributed by atoms with Gasteiger partial charge in [-0.2, -0.15) is 0 Å². The summed E-state index contributed by atoms with van der Waals surface area (Å²) in [6.45, 7) is 7.05. The number of hydrogen-bond acceptors (Lipinski definition) is 5. The summed E-state index contributed by atoms with van der Waals surface area (Å²) in [6.07, 6.45) is 2.34. The number of rotatable bonds is 11. The standard InChI is InChI=1S/C29H35ClN4O4/c1-23-10-11-25(19-27(23)30)31-29(36)33(13-6-12-32-14-17-37-18-15-32)22-28(35)34(21-26-9-5-16-38-26)20-24-7-3-2-4-8-24/h2-5,7-11,16,19H,6,12-15,17-18,20-22H2,1H3,(H,31,36). The fourth-order valence-electron chi connectivity index (χ4n) is 4.33.